The van der Waals surface area contributed by atoms with Crippen LogP contribution in [0.4, 0.5) is 4.39 Å². The number of rotatable bonds is 8. The predicted octanol–water partition coefficient (Wildman–Crippen LogP) is 3.13. The number of para-hydroxylation sites is 1. The van der Waals surface area contributed by atoms with Gasteiger partial charge in [0, 0.05) is 6.42 Å². The highest BCUT2D eigenvalue weighted by atomic mass is 19.1. The third-order valence-electron chi connectivity index (χ3n) is 4.81. The van der Waals surface area contributed by atoms with Gasteiger partial charge < -0.3 is 15.4 Å². The highest BCUT2D eigenvalue weighted by Gasteiger charge is 2.22. The predicted molar refractivity (Wildman–Crippen MR) is 93.5 cm³/mol. The first kappa shape index (κ1) is 18.7. The lowest BCUT2D eigenvalue weighted by molar-refractivity contribution is -0.122. The molecule has 1 aromatic rings. The molecule has 4 nitrogen and oxygen atoms in total. The van der Waals surface area contributed by atoms with Crippen LogP contribution in [0.25, 0.3) is 0 Å². The molecular weight excluding hydrogens is 307 g/mol. The standard InChI is InChI=1S/C19H29FN2O2/c1-3-16(24-18-7-5-4-6-17(18)20)13-22-19(23)12-14(2)15-8-10-21-11-9-15/h4-7,14-16,21H,3,8-13H2,1-2H3,(H,22,23). The van der Waals surface area contributed by atoms with Gasteiger partial charge in [0.15, 0.2) is 11.6 Å². The van der Waals surface area contributed by atoms with Gasteiger partial charge in [0.25, 0.3) is 0 Å². The molecule has 1 fully saturated rings. The van der Waals surface area contributed by atoms with Crippen LogP contribution in [0, 0.1) is 17.7 Å². The molecule has 0 bridgehead atoms. The van der Waals surface area contributed by atoms with Crippen LogP contribution in [0.5, 0.6) is 5.75 Å². The van der Waals surface area contributed by atoms with Gasteiger partial charge in [-0.2, -0.15) is 0 Å². The zero-order valence-electron chi connectivity index (χ0n) is 14.7. The molecule has 1 aliphatic rings. The zero-order chi connectivity index (χ0) is 17.4. The lowest BCUT2D eigenvalue weighted by atomic mass is 9.84. The van der Waals surface area contributed by atoms with E-state index in [2.05, 4.69) is 17.6 Å². The lowest BCUT2D eigenvalue weighted by Gasteiger charge is -2.28. The summed E-state index contributed by atoms with van der Waals surface area (Å²) >= 11 is 0. The lowest BCUT2D eigenvalue weighted by Crippen LogP contribution is -2.37. The van der Waals surface area contributed by atoms with Gasteiger partial charge in [0.1, 0.15) is 6.10 Å². The maximum Gasteiger partial charge on any atom is 0.220 e. The smallest absolute Gasteiger partial charge is 0.220 e. The molecule has 1 aromatic carbocycles. The Morgan fingerprint density at radius 3 is 2.75 bits per heavy atom. The summed E-state index contributed by atoms with van der Waals surface area (Å²) < 4.78 is 19.3. The molecule has 0 aliphatic carbocycles. The Labute approximate surface area is 144 Å². The second kappa shape index (κ2) is 9.62. The van der Waals surface area contributed by atoms with Crippen molar-refractivity contribution in [3.63, 3.8) is 0 Å². The molecule has 134 valence electrons. The number of amides is 1. The number of carbonyl (C=O) groups excluding carboxylic acids is 1. The number of halogens is 1. The van der Waals surface area contributed by atoms with Gasteiger partial charge in [0.2, 0.25) is 5.91 Å². The summed E-state index contributed by atoms with van der Waals surface area (Å²) in [4.78, 5) is 12.2. The van der Waals surface area contributed by atoms with E-state index in [9.17, 15) is 9.18 Å². The van der Waals surface area contributed by atoms with E-state index in [1.165, 1.54) is 6.07 Å². The molecule has 0 spiro atoms. The van der Waals surface area contributed by atoms with Gasteiger partial charge in [0.05, 0.1) is 6.54 Å². The molecule has 1 saturated heterocycles. The minimum absolute atomic E-state index is 0.0524. The molecule has 5 heteroatoms. The van der Waals surface area contributed by atoms with Crippen LogP contribution >= 0.6 is 0 Å². The summed E-state index contributed by atoms with van der Waals surface area (Å²) in [7, 11) is 0. The summed E-state index contributed by atoms with van der Waals surface area (Å²) in [6.45, 7) is 6.62. The summed E-state index contributed by atoms with van der Waals surface area (Å²) in [6.07, 6.45) is 3.31. The van der Waals surface area contributed by atoms with Crippen molar-refractivity contribution in [3.8, 4) is 5.75 Å². The fourth-order valence-corrected chi connectivity index (χ4v) is 3.16. The molecule has 0 saturated carbocycles. The van der Waals surface area contributed by atoms with Crippen LogP contribution in [0.1, 0.15) is 39.5 Å². The first-order valence-corrected chi connectivity index (χ1v) is 8.98. The Hall–Kier alpha value is -1.62. The Kier molecular flexibility index (Phi) is 7.50. The molecule has 24 heavy (non-hydrogen) atoms. The second-order valence-corrected chi connectivity index (χ2v) is 6.65. The van der Waals surface area contributed by atoms with E-state index in [1.54, 1.807) is 18.2 Å². The minimum Gasteiger partial charge on any atom is -0.486 e. The first-order valence-electron chi connectivity index (χ1n) is 8.98. The van der Waals surface area contributed by atoms with E-state index >= 15 is 0 Å². The highest BCUT2D eigenvalue weighted by Crippen LogP contribution is 2.24. The van der Waals surface area contributed by atoms with E-state index in [0.29, 0.717) is 31.2 Å². The number of benzene rings is 1. The number of hydrogen-bond acceptors (Lipinski definition) is 3. The molecule has 1 aliphatic heterocycles. The Morgan fingerprint density at radius 1 is 1.38 bits per heavy atom. The van der Waals surface area contributed by atoms with E-state index in [0.717, 1.165) is 25.9 Å². The largest absolute Gasteiger partial charge is 0.486 e. The Balaban J connectivity index is 1.75. The van der Waals surface area contributed by atoms with Gasteiger partial charge in [-0.05, 0) is 56.3 Å². The number of piperidine rings is 1. The van der Waals surface area contributed by atoms with Crippen LogP contribution < -0.4 is 15.4 Å². The van der Waals surface area contributed by atoms with Crippen LogP contribution in [0.3, 0.4) is 0 Å². The molecule has 2 N–H and O–H groups in total. The third kappa shape index (κ3) is 5.78. The van der Waals surface area contributed by atoms with Crippen molar-refractivity contribution in [3.05, 3.63) is 30.1 Å². The molecule has 0 radical (unpaired) electrons. The molecule has 2 unspecified atom stereocenters. The second-order valence-electron chi connectivity index (χ2n) is 6.65. The van der Waals surface area contributed by atoms with Crippen molar-refractivity contribution in [2.45, 2.75) is 45.6 Å². The summed E-state index contributed by atoms with van der Waals surface area (Å²) in [5.74, 6) is 0.924. The van der Waals surface area contributed by atoms with Crippen molar-refractivity contribution in [1.29, 1.82) is 0 Å². The van der Waals surface area contributed by atoms with Crippen molar-refractivity contribution >= 4 is 5.91 Å². The SMILES string of the molecule is CCC(CNC(=O)CC(C)C1CCNCC1)Oc1ccccc1F. The van der Waals surface area contributed by atoms with Crippen LogP contribution in [0.15, 0.2) is 24.3 Å². The number of ether oxygens (including phenoxy) is 1. The van der Waals surface area contributed by atoms with E-state index < -0.39 is 0 Å². The van der Waals surface area contributed by atoms with E-state index in [1.807, 2.05) is 6.92 Å². The third-order valence-corrected chi connectivity index (χ3v) is 4.81. The average Bonchev–Trinajstić information content (AvgIpc) is 2.60. The number of nitrogens with one attached hydrogen (secondary N) is 2. The van der Waals surface area contributed by atoms with Crippen molar-refractivity contribution in [2.24, 2.45) is 11.8 Å². The average molecular weight is 336 g/mol. The Morgan fingerprint density at radius 2 is 2.08 bits per heavy atom. The van der Waals surface area contributed by atoms with Crippen molar-refractivity contribution < 1.29 is 13.9 Å². The first-order chi connectivity index (χ1) is 11.6. The molecule has 2 rings (SSSR count). The summed E-state index contributed by atoms with van der Waals surface area (Å²) in [6, 6.07) is 6.36. The van der Waals surface area contributed by atoms with Gasteiger partial charge in [-0.1, -0.05) is 26.0 Å². The zero-order valence-corrected chi connectivity index (χ0v) is 14.7. The molecular formula is C19H29FN2O2. The molecule has 1 amide bonds. The number of carbonyl (C=O) groups is 1. The van der Waals surface area contributed by atoms with Crippen LogP contribution in [-0.2, 0) is 4.79 Å². The fourth-order valence-electron chi connectivity index (χ4n) is 3.16. The highest BCUT2D eigenvalue weighted by molar-refractivity contribution is 5.76. The van der Waals surface area contributed by atoms with E-state index in [-0.39, 0.29) is 23.6 Å². The van der Waals surface area contributed by atoms with E-state index in [4.69, 9.17) is 4.74 Å². The van der Waals surface area contributed by atoms with Gasteiger partial charge in [-0.15, -0.1) is 0 Å². The molecule has 0 aromatic heterocycles. The number of hydrogen-bond donors (Lipinski definition) is 2. The van der Waals surface area contributed by atoms with Crippen molar-refractivity contribution in [1.82, 2.24) is 10.6 Å². The van der Waals surface area contributed by atoms with Crippen LogP contribution in [-0.4, -0.2) is 31.6 Å². The quantitative estimate of drug-likeness (QED) is 0.767. The van der Waals surface area contributed by atoms with Gasteiger partial charge >= 0.3 is 0 Å². The van der Waals surface area contributed by atoms with Gasteiger partial charge in [-0.3, -0.25) is 4.79 Å². The fraction of sp³-hybridized carbons (Fsp3) is 0.632. The monoisotopic (exact) mass is 336 g/mol. The molecule has 2 atom stereocenters. The van der Waals surface area contributed by atoms with Gasteiger partial charge in [-0.25, -0.2) is 4.39 Å². The Bertz CT molecular complexity index is 518. The topological polar surface area (TPSA) is 50.4 Å². The maximum absolute atomic E-state index is 13.6. The minimum atomic E-state index is -0.373. The summed E-state index contributed by atoms with van der Waals surface area (Å²) in [5, 5.41) is 6.29. The summed E-state index contributed by atoms with van der Waals surface area (Å²) in [5.41, 5.74) is 0. The van der Waals surface area contributed by atoms with Crippen molar-refractivity contribution in [2.75, 3.05) is 19.6 Å². The molecule has 1 heterocycles. The normalized spacial score (nSPS) is 18.0. The maximum atomic E-state index is 13.6. The van der Waals surface area contributed by atoms with Crippen LogP contribution in [0.2, 0.25) is 0 Å².